The molecule has 9 heteroatoms. The van der Waals surface area contributed by atoms with Gasteiger partial charge in [0, 0.05) is 12.7 Å². The lowest BCUT2D eigenvalue weighted by atomic mass is 10.2. The molecule has 4 nitrogen and oxygen atoms in total. The highest BCUT2D eigenvalue weighted by molar-refractivity contribution is 6.42. The number of benzene rings is 2. The molecule has 0 aliphatic heterocycles. The predicted molar refractivity (Wildman–Crippen MR) is 93.4 cm³/mol. The molecule has 0 atom stereocenters. The van der Waals surface area contributed by atoms with E-state index in [1.165, 1.54) is 19.2 Å². The smallest absolute Gasteiger partial charge is 0.255 e. The third-order valence-electron chi connectivity index (χ3n) is 3.17. The number of carbonyl (C=O) groups is 2. The first-order valence-electron chi connectivity index (χ1n) is 6.84. The number of likely N-dealkylation sites (N-methyl/N-ethyl adjacent to an activating group) is 1. The molecule has 2 rings (SSSR count). The van der Waals surface area contributed by atoms with Gasteiger partial charge in [-0.05, 0) is 30.3 Å². The zero-order valence-corrected chi connectivity index (χ0v) is 15.0. The number of hydrogen-bond acceptors (Lipinski definition) is 2. The van der Waals surface area contributed by atoms with Crippen LogP contribution in [-0.4, -0.2) is 30.3 Å². The van der Waals surface area contributed by atoms with Crippen molar-refractivity contribution in [3.63, 3.8) is 0 Å². The molecule has 0 radical (unpaired) electrons. The van der Waals surface area contributed by atoms with E-state index in [1.54, 1.807) is 6.07 Å². The molecule has 132 valence electrons. The first kappa shape index (κ1) is 19.4. The summed E-state index contributed by atoms with van der Waals surface area (Å²) in [6.45, 7) is -0.339. The van der Waals surface area contributed by atoms with E-state index < -0.39 is 23.4 Å². The Morgan fingerprint density at radius 1 is 1.00 bits per heavy atom. The monoisotopic (exact) mass is 406 g/mol. The average Bonchev–Trinajstić information content (AvgIpc) is 2.53. The minimum Gasteiger partial charge on any atom is -0.332 e. The Balaban J connectivity index is 2.06. The molecule has 0 spiro atoms. The fourth-order valence-electron chi connectivity index (χ4n) is 1.95. The summed E-state index contributed by atoms with van der Waals surface area (Å²) in [6, 6.07) is 5.90. The summed E-state index contributed by atoms with van der Waals surface area (Å²) in [6.07, 6.45) is 0. The summed E-state index contributed by atoms with van der Waals surface area (Å²) >= 11 is 17.4. The van der Waals surface area contributed by atoms with Crippen LogP contribution in [0.5, 0.6) is 0 Å². The molecule has 0 heterocycles. The van der Waals surface area contributed by atoms with Crippen LogP contribution in [0.25, 0.3) is 0 Å². The largest absolute Gasteiger partial charge is 0.332 e. The summed E-state index contributed by atoms with van der Waals surface area (Å²) in [5.41, 5.74) is 0.150. The fourth-order valence-corrected chi connectivity index (χ4v) is 2.48. The summed E-state index contributed by atoms with van der Waals surface area (Å²) in [4.78, 5) is 25.3. The van der Waals surface area contributed by atoms with Crippen molar-refractivity contribution in [3.05, 3.63) is 62.6 Å². The summed E-state index contributed by atoms with van der Waals surface area (Å²) < 4.78 is 26.4. The normalized spacial score (nSPS) is 10.5. The third kappa shape index (κ3) is 4.81. The van der Waals surface area contributed by atoms with Gasteiger partial charge in [0.15, 0.2) is 11.6 Å². The zero-order chi connectivity index (χ0) is 18.7. The van der Waals surface area contributed by atoms with Crippen molar-refractivity contribution < 1.29 is 18.4 Å². The van der Waals surface area contributed by atoms with Crippen molar-refractivity contribution in [2.45, 2.75) is 0 Å². The molecule has 2 amide bonds. The van der Waals surface area contributed by atoms with Crippen LogP contribution in [0.15, 0.2) is 30.3 Å². The highest BCUT2D eigenvalue weighted by Gasteiger charge is 2.20. The number of halogens is 5. The van der Waals surface area contributed by atoms with Crippen LogP contribution in [0.1, 0.15) is 10.4 Å². The Bertz CT molecular complexity index is 846. The van der Waals surface area contributed by atoms with Gasteiger partial charge in [0.05, 0.1) is 27.2 Å². The molecule has 2 aromatic carbocycles. The first-order chi connectivity index (χ1) is 11.7. The van der Waals surface area contributed by atoms with Crippen molar-refractivity contribution in [1.29, 1.82) is 0 Å². The molecule has 0 bridgehead atoms. The molecular weight excluding hydrogens is 397 g/mol. The van der Waals surface area contributed by atoms with E-state index >= 15 is 0 Å². The van der Waals surface area contributed by atoms with Crippen LogP contribution in [0.4, 0.5) is 14.5 Å². The van der Waals surface area contributed by atoms with E-state index in [1.807, 2.05) is 0 Å². The van der Waals surface area contributed by atoms with Crippen LogP contribution in [0, 0.1) is 11.6 Å². The standard InChI is InChI=1S/C16H11Cl3F2N2O2/c1-23(16(25)9-5-13(20)14(21)6-11(9)18)7-15(24)22-8-2-3-10(17)12(19)4-8/h2-6H,7H2,1H3,(H,22,24). The molecule has 2 aromatic rings. The molecule has 0 saturated heterocycles. The van der Waals surface area contributed by atoms with Crippen molar-refractivity contribution >= 4 is 52.3 Å². The molecule has 0 aliphatic rings. The lowest BCUT2D eigenvalue weighted by Crippen LogP contribution is -2.35. The van der Waals surface area contributed by atoms with Crippen LogP contribution in [0.2, 0.25) is 15.1 Å². The van der Waals surface area contributed by atoms with E-state index in [0.29, 0.717) is 22.8 Å². The minimum absolute atomic E-state index is 0.245. The van der Waals surface area contributed by atoms with Crippen LogP contribution < -0.4 is 5.32 Å². The second-order valence-corrected chi connectivity index (χ2v) is 6.31. The maximum Gasteiger partial charge on any atom is 0.255 e. The van der Waals surface area contributed by atoms with Crippen molar-refractivity contribution in [2.24, 2.45) is 0 Å². The summed E-state index contributed by atoms with van der Waals surface area (Å²) in [7, 11) is 1.33. The van der Waals surface area contributed by atoms with E-state index in [4.69, 9.17) is 34.8 Å². The number of rotatable bonds is 4. The van der Waals surface area contributed by atoms with Gasteiger partial charge in [-0.1, -0.05) is 34.8 Å². The van der Waals surface area contributed by atoms with Crippen molar-refractivity contribution in [2.75, 3.05) is 18.9 Å². The number of amides is 2. The maximum atomic E-state index is 13.3. The average molecular weight is 408 g/mol. The number of nitrogens with zero attached hydrogens (tertiary/aromatic N) is 1. The zero-order valence-electron chi connectivity index (χ0n) is 12.7. The molecule has 1 N–H and O–H groups in total. The van der Waals surface area contributed by atoms with Crippen LogP contribution in [0.3, 0.4) is 0 Å². The quantitative estimate of drug-likeness (QED) is 0.751. The summed E-state index contributed by atoms with van der Waals surface area (Å²) in [5, 5.41) is 2.88. The molecule has 0 saturated carbocycles. The van der Waals surface area contributed by atoms with Crippen molar-refractivity contribution in [1.82, 2.24) is 4.90 Å². The Hall–Kier alpha value is -1.89. The van der Waals surface area contributed by atoms with E-state index in [9.17, 15) is 18.4 Å². The van der Waals surface area contributed by atoms with Gasteiger partial charge in [-0.2, -0.15) is 0 Å². The molecule has 25 heavy (non-hydrogen) atoms. The van der Waals surface area contributed by atoms with Gasteiger partial charge in [0.2, 0.25) is 5.91 Å². The van der Waals surface area contributed by atoms with Gasteiger partial charge < -0.3 is 10.2 Å². The Morgan fingerprint density at radius 3 is 2.28 bits per heavy atom. The number of carbonyl (C=O) groups excluding carboxylic acids is 2. The summed E-state index contributed by atoms with van der Waals surface area (Å²) in [5.74, 6) is -3.62. The topological polar surface area (TPSA) is 49.4 Å². The molecule has 0 fully saturated rings. The second kappa shape index (κ2) is 7.99. The predicted octanol–water partition coefficient (Wildman–Crippen LogP) is 4.64. The lowest BCUT2D eigenvalue weighted by molar-refractivity contribution is -0.116. The van der Waals surface area contributed by atoms with Gasteiger partial charge in [0.1, 0.15) is 0 Å². The van der Waals surface area contributed by atoms with Gasteiger partial charge >= 0.3 is 0 Å². The van der Waals surface area contributed by atoms with Crippen LogP contribution in [-0.2, 0) is 4.79 Å². The number of anilines is 1. The first-order valence-corrected chi connectivity index (χ1v) is 7.97. The van der Waals surface area contributed by atoms with Crippen LogP contribution >= 0.6 is 34.8 Å². The van der Waals surface area contributed by atoms with Crippen molar-refractivity contribution in [3.8, 4) is 0 Å². The van der Waals surface area contributed by atoms with Gasteiger partial charge in [0.25, 0.3) is 5.91 Å². The third-order valence-corrected chi connectivity index (χ3v) is 4.22. The van der Waals surface area contributed by atoms with Gasteiger partial charge in [-0.15, -0.1) is 0 Å². The SMILES string of the molecule is CN(CC(=O)Nc1ccc(Cl)c(Cl)c1)C(=O)c1cc(F)c(F)cc1Cl. The second-order valence-electron chi connectivity index (χ2n) is 5.08. The Morgan fingerprint density at radius 2 is 1.64 bits per heavy atom. The molecule has 0 aliphatic carbocycles. The van der Waals surface area contributed by atoms with E-state index in [2.05, 4.69) is 5.32 Å². The fraction of sp³-hybridized carbons (Fsp3) is 0.125. The molecule has 0 aromatic heterocycles. The van der Waals surface area contributed by atoms with Gasteiger partial charge in [-0.25, -0.2) is 8.78 Å². The van der Waals surface area contributed by atoms with Gasteiger partial charge in [-0.3, -0.25) is 9.59 Å². The lowest BCUT2D eigenvalue weighted by Gasteiger charge is -2.18. The molecule has 0 unspecified atom stereocenters. The molecular formula is C16H11Cl3F2N2O2. The number of hydrogen-bond donors (Lipinski definition) is 1. The minimum atomic E-state index is -1.21. The highest BCUT2D eigenvalue weighted by atomic mass is 35.5. The highest BCUT2D eigenvalue weighted by Crippen LogP contribution is 2.25. The van der Waals surface area contributed by atoms with E-state index in [-0.39, 0.29) is 22.2 Å². The number of nitrogens with one attached hydrogen (secondary N) is 1. The maximum absolute atomic E-state index is 13.3. The Kier molecular flexibility index (Phi) is 6.21. The van der Waals surface area contributed by atoms with E-state index in [0.717, 1.165) is 4.90 Å². The Labute approximate surface area is 157 Å².